The lowest BCUT2D eigenvalue weighted by atomic mass is 10.1. The normalized spacial score (nSPS) is 15.4. The maximum Gasteiger partial charge on any atom is 0.223 e. The predicted octanol–water partition coefficient (Wildman–Crippen LogP) is 3.08. The van der Waals surface area contributed by atoms with Gasteiger partial charge in [-0.25, -0.2) is 4.39 Å². The zero-order valence-corrected chi connectivity index (χ0v) is 13.1. The number of carbonyl (C=O) groups is 1. The zero-order chi connectivity index (χ0) is 14.4. The van der Waals surface area contributed by atoms with Crippen molar-refractivity contribution in [2.24, 2.45) is 0 Å². The van der Waals surface area contributed by atoms with E-state index in [0.29, 0.717) is 24.0 Å². The molecule has 0 saturated carbocycles. The zero-order valence-electron chi connectivity index (χ0n) is 11.5. The number of hydrogen-bond donors (Lipinski definition) is 1. The molecule has 1 heterocycles. The van der Waals surface area contributed by atoms with E-state index in [9.17, 15) is 9.18 Å². The average Bonchev–Trinajstić information content (AvgIpc) is 2.48. The molecule has 0 aliphatic carbocycles. The Kier molecular flexibility index (Phi) is 5.98. The lowest BCUT2D eigenvalue weighted by molar-refractivity contribution is -0.131. The quantitative estimate of drug-likeness (QED) is 0.834. The Morgan fingerprint density at radius 1 is 1.30 bits per heavy atom. The number of halogens is 2. The summed E-state index contributed by atoms with van der Waals surface area (Å²) in [6.45, 7) is 3.12. The first-order valence-corrected chi connectivity index (χ1v) is 7.88. The Hall–Kier alpha value is -0.940. The van der Waals surface area contributed by atoms with Crippen molar-refractivity contribution in [3.05, 3.63) is 34.1 Å². The van der Waals surface area contributed by atoms with Gasteiger partial charge in [-0.05, 0) is 52.9 Å². The minimum atomic E-state index is -0.256. The van der Waals surface area contributed by atoms with Crippen LogP contribution in [0.3, 0.4) is 0 Å². The molecule has 5 heteroatoms. The van der Waals surface area contributed by atoms with Crippen LogP contribution in [0.2, 0.25) is 0 Å². The molecule has 0 atom stereocenters. The number of nitrogens with zero attached hydrogens (tertiary/aromatic N) is 1. The summed E-state index contributed by atoms with van der Waals surface area (Å²) >= 11 is 3.17. The third kappa shape index (κ3) is 4.56. The third-order valence-corrected chi connectivity index (χ3v) is 4.15. The number of likely N-dealkylation sites (tertiary alicyclic amines) is 1. The Balaban J connectivity index is 1.68. The molecule has 1 aromatic rings. The Labute approximate surface area is 127 Å². The minimum Gasteiger partial charge on any atom is -0.343 e. The van der Waals surface area contributed by atoms with Gasteiger partial charge in [0.2, 0.25) is 5.91 Å². The summed E-state index contributed by atoms with van der Waals surface area (Å²) in [5.41, 5.74) is 1.00. The van der Waals surface area contributed by atoms with Crippen molar-refractivity contribution in [3.63, 3.8) is 0 Å². The van der Waals surface area contributed by atoms with Crippen molar-refractivity contribution in [3.8, 4) is 0 Å². The van der Waals surface area contributed by atoms with Crippen molar-refractivity contribution in [2.45, 2.75) is 32.2 Å². The highest BCUT2D eigenvalue weighted by Gasteiger charge is 2.15. The number of benzene rings is 1. The molecule has 3 nitrogen and oxygen atoms in total. The SMILES string of the molecule is O=C(CCNCc1ccc(F)c(Br)c1)N1CCCCC1. The molecule has 0 radical (unpaired) electrons. The fourth-order valence-electron chi connectivity index (χ4n) is 2.38. The van der Waals surface area contributed by atoms with Gasteiger partial charge in [0.05, 0.1) is 4.47 Å². The summed E-state index contributed by atoms with van der Waals surface area (Å²) in [5.74, 6) is -0.0217. The van der Waals surface area contributed by atoms with Gasteiger partial charge in [0.25, 0.3) is 0 Å². The van der Waals surface area contributed by atoms with E-state index in [0.717, 1.165) is 31.5 Å². The number of amides is 1. The van der Waals surface area contributed by atoms with Gasteiger partial charge < -0.3 is 10.2 Å². The molecule has 20 heavy (non-hydrogen) atoms. The Morgan fingerprint density at radius 3 is 2.75 bits per heavy atom. The predicted molar refractivity (Wildman–Crippen MR) is 80.9 cm³/mol. The molecule has 0 unspecified atom stereocenters. The summed E-state index contributed by atoms with van der Waals surface area (Å²) in [4.78, 5) is 13.9. The van der Waals surface area contributed by atoms with Crippen molar-refractivity contribution in [1.82, 2.24) is 10.2 Å². The summed E-state index contributed by atoms with van der Waals surface area (Å²) in [6, 6.07) is 4.95. The average molecular weight is 343 g/mol. The van der Waals surface area contributed by atoms with Crippen LogP contribution in [-0.4, -0.2) is 30.4 Å². The molecule has 0 aromatic heterocycles. The van der Waals surface area contributed by atoms with Gasteiger partial charge in [-0.15, -0.1) is 0 Å². The second-order valence-electron chi connectivity index (χ2n) is 5.12. The van der Waals surface area contributed by atoms with E-state index in [1.807, 2.05) is 4.90 Å². The van der Waals surface area contributed by atoms with E-state index in [2.05, 4.69) is 21.2 Å². The Morgan fingerprint density at radius 2 is 2.05 bits per heavy atom. The maximum absolute atomic E-state index is 13.1. The molecule has 1 N–H and O–H groups in total. The van der Waals surface area contributed by atoms with Gasteiger partial charge in [-0.1, -0.05) is 6.07 Å². The summed E-state index contributed by atoms with van der Waals surface area (Å²) < 4.78 is 13.6. The van der Waals surface area contributed by atoms with Gasteiger partial charge in [-0.2, -0.15) is 0 Å². The summed E-state index contributed by atoms with van der Waals surface area (Å²) in [7, 11) is 0. The molecule has 0 bridgehead atoms. The highest BCUT2D eigenvalue weighted by molar-refractivity contribution is 9.10. The van der Waals surface area contributed by atoms with Crippen molar-refractivity contribution in [2.75, 3.05) is 19.6 Å². The fraction of sp³-hybridized carbons (Fsp3) is 0.533. The van der Waals surface area contributed by atoms with Crippen LogP contribution in [0.15, 0.2) is 22.7 Å². The number of rotatable bonds is 5. The molecule has 1 aromatic carbocycles. The molecule has 1 aliphatic rings. The van der Waals surface area contributed by atoms with E-state index in [-0.39, 0.29) is 11.7 Å². The number of carbonyl (C=O) groups excluding carboxylic acids is 1. The van der Waals surface area contributed by atoms with Gasteiger partial charge in [0, 0.05) is 32.6 Å². The maximum atomic E-state index is 13.1. The van der Waals surface area contributed by atoms with Crippen molar-refractivity contribution in [1.29, 1.82) is 0 Å². The molecule has 110 valence electrons. The standard InChI is InChI=1S/C15H20BrFN2O/c16-13-10-12(4-5-14(13)17)11-18-7-6-15(20)19-8-2-1-3-9-19/h4-5,10,18H,1-3,6-9,11H2. The van der Waals surface area contributed by atoms with Gasteiger partial charge in [-0.3, -0.25) is 4.79 Å². The van der Waals surface area contributed by atoms with Crippen LogP contribution < -0.4 is 5.32 Å². The van der Waals surface area contributed by atoms with E-state index in [1.165, 1.54) is 12.5 Å². The number of hydrogen-bond acceptors (Lipinski definition) is 2. The van der Waals surface area contributed by atoms with Crippen LogP contribution in [0, 0.1) is 5.82 Å². The molecule has 1 amide bonds. The van der Waals surface area contributed by atoms with Crippen LogP contribution in [0.4, 0.5) is 4.39 Å². The van der Waals surface area contributed by atoms with E-state index in [1.54, 1.807) is 12.1 Å². The molecule has 2 rings (SSSR count). The summed E-state index contributed by atoms with van der Waals surface area (Å²) in [6.07, 6.45) is 4.02. The monoisotopic (exact) mass is 342 g/mol. The minimum absolute atomic E-state index is 0.234. The number of piperidine rings is 1. The molecule has 1 saturated heterocycles. The molecular weight excluding hydrogens is 323 g/mol. The van der Waals surface area contributed by atoms with Gasteiger partial charge in [0.1, 0.15) is 5.82 Å². The molecular formula is C15H20BrFN2O. The molecule has 1 fully saturated rings. The fourth-order valence-corrected chi connectivity index (χ4v) is 2.81. The third-order valence-electron chi connectivity index (χ3n) is 3.54. The van der Waals surface area contributed by atoms with Crippen LogP contribution in [0.1, 0.15) is 31.2 Å². The van der Waals surface area contributed by atoms with Crippen molar-refractivity contribution < 1.29 is 9.18 Å². The van der Waals surface area contributed by atoms with Gasteiger partial charge in [0.15, 0.2) is 0 Å². The second-order valence-corrected chi connectivity index (χ2v) is 5.97. The first kappa shape index (κ1) is 15.4. The highest BCUT2D eigenvalue weighted by Crippen LogP contribution is 2.16. The van der Waals surface area contributed by atoms with E-state index >= 15 is 0 Å². The first-order chi connectivity index (χ1) is 9.66. The van der Waals surface area contributed by atoms with E-state index < -0.39 is 0 Å². The molecule has 0 spiro atoms. The number of nitrogens with one attached hydrogen (secondary N) is 1. The largest absolute Gasteiger partial charge is 0.343 e. The lowest BCUT2D eigenvalue weighted by Gasteiger charge is -2.26. The van der Waals surface area contributed by atoms with Crippen LogP contribution in [0.25, 0.3) is 0 Å². The summed E-state index contributed by atoms with van der Waals surface area (Å²) in [5, 5.41) is 3.23. The Bertz CT molecular complexity index is 461. The van der Waals surface area contributed by atoms with Crippen LogP contribution >= 0.6 is 15.9 Å². The van der Waals surface area contributed by atoms with Crippen molar-refractivity contribution >= 4 is 21.8 Å². The lowest BCUT2D eigenvalue weighted by Crippen LogP contribution is -2.37. The topological polar surface area (TPSA) is 32.3 Å². The smallest absolute Gasteiger partial charge is 0.223 e. The van der Waals surface area contributed by atoms with E-state index in [4.69, 9.17) is 0 Å². The van der Waals surface area contributed by atoms with Gasteiger partial charge >= 0.3 is 0 Å². The first-order valence-electron chi connectivity index (χ1n) is 7.09. The van der Waals surface area contributed by atoms with Crippen LogP contribution in [-0.2, 0) is 11.3 Å². The second kappa shape index (κ2) is 7.74. The molecule has 1 aliphatic heterocycles. The van der Waals surface area contributed by atoms with Crippen LogP contribution in [0.5, 0.6) is 0 Å². The highest BCUT2D eigenvalue weighted by atomic mass is 79.9.